The van der Waals surface area contributed by atoms with Crippen molar-refractivity contribution >= 4 is 6.09 Å². The smallest absolute Gasteiger partial charge is 0.407 e. The van der Waals surface area contributed by atoms with Crippen LogP contribution in [-0.4, -0.2) is 19.2 Å². The Labute approximate surface area is 96.2 Å². The summed E-state index contributed by atoms with van der Waals surface area (Å²) in [6.45, 7) is 3.05. The van der Waals surface area contributed by atoms with Gasteiger partial charge < -0.3 is 10.1 Å². The Balaban J connectivity index is 2.13. The Morgan fingerprint density at radius 2 is 2.38 bits per heavy atom. The van der Waals surface area contributed by atoms with Crippen LogP contribution in [0.15, 0.2) is 35.3 Å². The van der Waals surface area contributed by atoms with Gasteiger partial charge in [-0.25, -0.2) is 4.79 Å². The van der Waals surface area contributed by atoms with E-state index in [9.17, 15) is 4.79 Å². The van der Waals surface area contributed by atoms with Gasteiger partial charge in [0.1, 0.15) is 6.61 Å². The molecule has 0 heterocycles. The Morgan fingerprint density at radius 1 is 1.50 bits per heavy atom. The maximum atomic E-state index is 11.2. The molecular formula is C13H17NO2. The average Bonchev–Trinajstić information content (AvgIpc) is 2.33. The van der Waals surface area contributed by atoms with Gasteiger partial charge in [-0.1, -0.05) is 37.3 Å². The molecule has 0 radical (unpaired) electrons. The summed E-state index contributed by atoms with van der Waals surface area (Å²) in [4.78, 5) is 11.2. The van der Waals surface area contributed by atoms with E-state index in [0.717, 1.165) is 24.8 Å². The van der Waals surface area contributed by atoms with Gasteiger partial charge in [0.25, 0.3) is 0 Å². The van der Waals surface area contributed by atoms with E-state index >= 15 is 0 Å². The number of nitrogens with one attached hydrogen (secondary N) is 1. The lowest BCUT2D eigenvalue weighted by atomic mass is 10.2. The third-order valence-corrected chi connectivity index (χ3v) is 2.12. The molecule has 1 aliphatic rings. The number of rotatable bonds is 6. The van der Waals surface area contributed by atoms with Crippen LogP contribution in [0.25, 0.3) is 0 Å². The summed E-state index contributed by atoms with van der Waals surface area (Å²) in [5, 5.41) is 2.70. The van der Waals surface area contributed by atoms with Crippen molar-refractivity contribution in [3.05, 3.63) is 35.3 Å². The van der Waals surface area contributed by atoms with Crippen LogP contribution in [0.4, 0.5) is 4.79 Å². The molecule has 0 unspecified atom stereocenters. The predicted octanol–water partition coefficient (Wildman–Crippen LogP) is 2.71. The molecule has 0 aromatic heterocycles. The first kappa shape index (κ1) is 12.4. The summed E-state index contributed by atoms with van der Waals surface area (Å²) < 4.78 is 5.01. The number of alkyl carbamates (subject to hydrolysis) is 1. The largest absolute Gasteiger partial charge is 0.444 e. The van der Waals surface area contributed by atoms with Crippen LogP contribution in [0.1, 0.15) is 26.2 Å². The Hall–Kier alpha value is -1.69. The summed E-state index contributed by atoms with van der Waals surface area (Å²) >= 11 is 0. The minimum absolute atomic E-state index is 0.247. The Kier molecular flexibility index (Phi) is 5.87. The van der Waals surface area contributed by atoms with Crippen molar-refractivity contribution < 1.29 is 9.53 Å². The monoisotopic (exact) mass is 219 g/mol. The topological polar surface area (TPSA) is 38.3 Å². The predicted molar refractivity (Wildman–Crippen MR) is 63.1 cm³/mol. The van der Waals surface area contributed by atoms with Crippen molar-refractivity contribution in [2.75, 3.05) is 13.2 Å². The van der Waals surface area contributed by atoms with Crippen LogP contribution in [-0.2, 0) is 4.74 Å². The van der Waals surface area contributed by atoms with Gasteiger partial charge in [0.2, 0.25) is 0 Å². The highest BCUT2D eigenvalue weighted by atomic mass is 16.5. The molecule has 0 aliphatic heterocycles. The van der Waals surface area contributed by atoms with Crippen molar-refractivity contribution in [3.63, 3.8) is 0 Å². The summed E-state index contributed by atoms with van der Waals surface area (Å²) in [6, 6.07) is 0. The van der Waals surface area contributed by atoms with Crippen molar-refractivity contribution in [1.82, 2.24) is 5.32 Å². The molecule has 0 bridgehead atoms. The quantitative estimate of drug-likeness (QED) is 0.551. The normalized spacial score (nSPS) is 12.4. The van der Waals surface area contributed by atoms with E-state index in [4.69, 9.17) is 4.74 Å². The second kappa shape index (κ2) is 7.58. The van der Waals surface area contributed by atoms with E-state index in [1.165, 1.54) is 0 Å². The SMILES string of the molecule is CCCCCNC(=O)OCC1=C=C=CC=C1. The Bertz CT molecular complexity index is 356. The van der Waals surface area contributed by atoms with Crippen molar-refractivity contribution in [3.8, 4) is 0 Å². The summed E-state index contributed by atoms with van der Waals surface area (Å²) in [7, 11) is 0. The maximum absolute atomic E-state index is 11.2. The Morgan fingerprint density at radius 3 is 3.06 bits per heavy atom. The molecule has 3 heteroatoms. The highest BCUT2D eigenvalue weighted by Crippen LogP contribution is 1.99. The first-order chi connectivity index (χ1) is 7.83. The third kappa shape index (κ3) is 5.26. The van der Waals surface area contributed by atoms with E-state index in [1.807, 2.05) is 12.2 Å². The van der Waals surface area contributed by atoms with Gasteiger partial charge >= 0.3 is 6.09 Å². The van der Waals surface area contributed by atoms with Crippen molar-refractivity contribution in [2.45, 2.75) is 26.2 Å². The van der Waals surface area contributed by atoms with Gasteiger partial charge in [-0.15, -0.1) is 0 Å². The molecule has 0 saturated carbocycles. The molecule has 16 heavy (non-hydrogen) atoms. The molecule has 3 nitrogen and oxygen atoms in total. The van der Waals surface area contributed by atoms with Gasteiger partial charge in [-0.3, -0.25) is 0 Å². The van der Waals surface area contributed by atoms with E-state index in [1.54, 1.807) is 6.08 Å². The first-order valence-corrected chi connectivity index (χ1v) is 5.61. The molecule has 0 aromatic carbocycles. The lowest BCUT2D eigenvalue weighted by Gasteiger charge is -2.06. The summed E-state index contributed by atoms with van der Waals surface area (Å²) in [5.74, 6) is 0. The summed E-state index contributed by atoms with van der Waals surface area (Å²) in [6.07, 6.45) is 8.35. The van der Waals surface area contributed by atoms with Gasteiger partial charge in [0.15, 0.2) is 0 Å². The molecule has 1 aliphatic carbocycles. The number of ether oxygens (including phenoxy) is 1. The van der Waals surface area contributed by atoms with E-state index in [2.05, 4.69) is 23.7 Å². The van der Waals surface area contributed by atoms with E-state index < -0.39 is 0 Å². The lowest BCUT2D eigenvalue weighted by Crippen LogP contribution is -2.25. The summed E-state index contributed by atoms with van der Waals surface area (Å²) in [5.41, 5.74) is 6.50. The maximum Gasteiger partial charge on any atom is 0.407 e. The van der Waals surface area contributed by atoms with Crippen molar-refractivity contribution in [1.29, 1.82) is 0 Å². The highest BCUT2D eigenvalue weighted by molar-refractivity contribution is 5.67. The van der Waals surface area contributed by atoms with E-state index in [-0.39, 0.29) is 12.7 Å². The number of carbonyl (C=O) groups excluding carboxylic acids is 1. The zero-order chi connectivity index (χ0) is 11.6. The van der Waals surface area contributed by atoms with Crippen LogP contribution in [0, 0.1) is 0 Å². The van der Waals surface area contributed by atoms with Gasteiger partial charge in [0.05, 0.1) is 0 Å². The second-order valence-corrected chi connectivity index (χ2v) is 3.53. The lowest BCUT2D eigenvalue weighted by molar-refractivity contribution is 0.156. The van der Waals surface area contributed by atoms with Crippen LogP contribution in [0.2, 0.25) is 0 Å². The van der Waals surface area contributed by atoms with Crippen LogP contribution < -0.4 is 5.32 Å². The number of allylic oxidation sites excluding steroid dienone is 2. The molecule has 86 valence electrons. The van der Waals surface area contributed by atoms with Crippen molar-refractivity contribution in [2.24, 2.45) is 0 Å². The molecule has 0 fully saturated rings. The van der Waals surface area contributed by atoms with Crippen LogP contribution in [0.5, 0.6) is 0 Å². The van der Waals surface area contributed by atoms with Crippen LogP contribution >= 0.6 is 0 Å². The second-order valence-electron chi connectivity index (χ2n) is 3.53. The van der Waals surface area contributed by atoms with Crippen LogP contribution in [0.3, 0.4) is 0 Å². The molecule has 0 aromatic rings. The fourth-order valence-electron chi connectivity index (χ4n) is 1.23. The molecule has 1 amide bonds. The van der Waals surface area contributed by atoms with Gasteiger partial charge in [0, 0.05) is 12.1 Å². The number of amides is 1. The molecule has 0 spiro atoms. The highest BCUT2D eigenvalue weighted by Gasteiger charge is 2.01. The molecule has 1 rings (SSSR count). The number of unbranched alkanes of at least 4 members (excludes halogenated alkanes) is 2. The zero-order valence-electron chi connectivity index (χ0n) is 9.58. The van der Waals surface area contributed by atoms with Gasteiger partial charge in [-0.05, 0) is 18.6 Å². The molecule has 1 N–H and O–H groups in total. The average molecular weight is 219 g/mol. The number of hydrogen-bond acceptors (Lipinski definition) is 2. The first-order valence-electron chi connectivity index (χ1n) is 5.61. The minimum Gasteiger partial charge on any atom is -0.444 e. The zero-order valence-corrected chi connectivity index (χ0v) is 9.58. The van der Waals surface area contributed by atoms with E-state index in [0.29, 0.717) is 6.54 Å². The fourth-order valence-corrected chi connectivity index (χ4v) is 1.23. The standard InChI is InChI=1S/C13H17NO2/c1-2-3-7-10-14-13(15)16-11-12-8-5-4-6-9-12/h4-5,8H,2-3,7,10-11H2,1H3,(H,14,15). The van der Waals surface area contributed by atoms with Gasteiger partial charge in [-0.2, -0.15) is 0 Å². The molecular weight excluding hydrogens is 202 g/mol. The number of hydrogen-bond donors (Lipinski definition) is 1. The molecule has 0 saturated heterocycles. The minimum atomic E-state index is -0.367. The molecule has 0 atom stereocenters. The fraction of sp³-hybridized carbons (Fsp3) is 0.462. The third-order valence-electron chi connectivity index (χ3n) is 2.12. The number of carbonyl (C=O) groups is 1.